The summed E-state index contributed by atoms with van der Waals surface area (Å²) in [6.07, 6.45) is 2.60. The molecule has 0 aliphatic carbocycles. The molecule has 37 heavy (non-hydrogen) atoms. The van der Waals surface area contributed by atoms with Crippen molar-refractivity contribution in [3.8, 4) is 5.75 Å². The molecule has 0 spiro atoms. The first-order valence-corrected chi connectivity index (χ1v) is 12.9. The summed E-state index contributed by atoms with van der Waals surface area (Å²) in [7, 11) is 1.68. The number of carbonyl (C=O) groups excluding carboxylic acids is 2. The summed E-state index contributed by atoms with van der Waals surface area (Å²) in [5, 5.41) is 6.70. The minimum absolute atomic E-state index is 0.0698. The zero-order chi connectivity index (χ0) is 26.0. The lowest BCUT2D eigenvalue weighted by molar-refractivity contribution is -0.140. The van der Waals surface area contributed by atoms with E-state index in [-0.39, 0.29) is 17.1 Å². The van der Waals surface area contributed by atoms with Crippen LogP contribution in [0.5, 0.6) is 5.75 Å². The van der Waals surface area contributed by atoms with E-state index in [1.807, 2.05) is 36.1 Å². The van der Waals surface area contributed by atoms with Crippen LogP contribution >= 0.6 is 0 Å². The fraction of sp³-hybridized carbons (Fsp3) is 0.414. The second-order valence-corrected chi connectivity index (χ2v) is 10.1. The van der Waals surface area contributed by atoms with Crippen molar-refractivity contribution >= 4 is 22.8 Å². The van der Waals surface area contributed by atoms with Gasteiger partial charge in [-0.3, -0.25) is 14.4 Å². The number of nitrogens with one attached hydrogen (secondary N) is 2. The first kappa shape index (κ1) is 25.0. The number of carbonyl (C=O) groups is 2. The van der Waals surface area contributed by atoms with E-state index < -0.39 is 11.4 Å². The van der Waals surface area contributed by atoms with Crippen LogP contribution in [0.25, 0.3) is 11.0 Å². The lowest BCUT2D eigenvalue weighted by Crippen LogP contribution is -2.64. The number of rotatable bonds is 5. The van der Waals surface area contributed by atoms with Gasteiger partial charge in [-0.1, -0.05) is 29.8 Å². The van der Waals surface area contributed by atoms with E-state index in [1.165, 1.54) is 11.6 Å². The van der Waals surface area contributed by atoms with Crippen molar-refractivity contribution in [1.82, 2.24) is 15.5 Å². The van der Waals surface area contributed by atoms with Crippen LogP contribution in [0, 0.1) is 6.92 Å². The molecule has 2 amide bonds. The molecule has 8 nitrogen and oxygen atoms in total. The van der Waals surface area contributed by atoms with Crippen LogP contribution in [-0.4, -0.2) is 55.5 Å². The molecule has 8 heteroatoms. The zero-order valence-electron chi connectivity index (χ0n) is 21.3. The molecule has 194 valence electrons. The van der Waals surface area contributed by atoms with Crippen molar-refractivity contribution in [3.05, 3.63) is 75.6 Å². The number of methoxy groups -OCH3 is 1. The standard InChI is InChI=1S/C29H33N3O5/c1-19-7-8-25-22(17-19)23(33)18-26(37-25)27(34)31-29(11-13-30-14-12-29)28(35)32-15-9-20(10-16-32)21-5-3-4-6-24(21)36-2/h3-8,17-18,20,30H,9-16H2,1-2H3,(H,31,34). The van der Waals surface area contributed by atoms with Gasteiger partial charge in [0.1, 0.15) is 16.9 Å². The quantitative estimate of drug-likeness (QED) is 0.554. The Hall–Kier alpha value is -3.65. The lowest BCUT2D eigenvalue weighted by Gasteiger charge is -2.42. The average molecular weight is 504 g/mol. The summed E-state index contributed by atoms with van der Waals surface area (Å²) in [5.41, 5.74) is 1.14. The maximum Gasteiger partial charge on any atom is 0.288 e. The molecule has 2 fully saturated rings. The molecule has 3 aromatic rings. The molecule has 0 saturated carbocycles. The van der Waals surface area contributed by atoms with Crippen LogP contribution in [-0.2, 0) is 4.79 Å². The van der Waals surface area contributed by atoms with E-state index in [0.717, 1.165) is 24.2 Å². The highest BCUT2D eigenvalue weighted by Crippen LogP contribution is 2.35. The summed E-state index contributed by atoms with van der Waals surface area (Å²) in [6, 6.07) is 14.5. The third-order valence-corrected chi connectivity index (χ3v) is 7.69. The Kier molecular flexibility index (Phi) is 7.02. The SMILES string of the molecule is COc1ccccc1C1CCN(C(=O)C2(NC(=O)c3cc(=O)c4cc(C)ccc4o3)CCNCC2)CC1. The predicted molar refractivity (Wildman–Crippen MR) is 141 cm³/mol. The predicted octanol–water partition coefficient (Wildman–Crippen LogP) is 3.37. The van der Waals surface area contributed by atoms with Crippen LogP contribution in [0.4, 0.5) is 0 Å². The normalized spacial score (nSPS) is 17.9. The third-order valence-electron chi connectivity index (χ3n) is 7.69. The third kappa shape index (κ3) is 4.98. The van der Waals surface area contributed by atoms with Crippen LogP contribution in [0.15, 0.2) is 57.7 Å². The molecule has 3 heterocycles. The Morgan fingerprint density at radius 2 is 1.81 bits per heavy atom. The second-order valence-electron chi connectivity index (χ2n) is 10.1. The summed E-state index contributed by atoms with van der Waals surface area (Å²) in [6.45, 7) is 4.34. The maximum atomic E-state index is 13.9. The van der Waals surface area contributed by atoms with Crippen LogP contribution in [0.3, 0.4) is 0 Å². The van der Waals surface area contributed by atoms with Gasteiger partial charge in [0.05, 0.1) is 12.5 Å². The van der Waals surface area contributed by atoms with Crippen LogP contribution in [0.2, 0.25) is 0 Å². The maximum absolute atomic E-state index is 13.9. The summed E-state index contributed by atoms with van der Waals surface area (Å²) < 4.78 is 11.3. The minimum Gasteiger partial charge on any atom is -0.496 e. The van der Waals surface area contributed by atoms with E-state index in [0.29, 0.717) is 55.9 Å². The number of likely N-dealkylation sites (tertiary alicyclic amines) is 1. The fourth-order valence-electron chi connectivity index (χ4n) is 5.61. The first-order valence-electron chi connectivity index (χ1n) is 12.9. The number of nitrogens with zero attached hydrogens (tertiary/aromatic N) is 1. The number of benzene rings is 2. The average Bonchev–Trinajstić information content (AvgIpc) is 2.93. The van der Waals surface area contributed by atoms with E-state index in [4.69, 9.17) is 9.15 Å². The van der Waals surface area contributed by atoms with E-state index in [1.54, 1.807) is 19.2 Å². The van der Waals surface area contributed by atoms with Crippen molar-refractivity contribution in [3.63, 3.8) is 0 Å². The minimum atomic E-state index is -1.04. The van der Waals surface area contributed by atoms with Crippen LogP contribution in [0.1, 0.15) is 53.3 Å². The van der Waals surface area contributed by atoms with E-state index in [2.05, 4.69) is 16.7 Å². The van der Waals surface area contributed by atoms with Crippen molar-refractivity contribution in [2.75, 3.05) is 33.3 Å². The van der Waals surface area contributed by atoms with Crippen molar-refractivity contribution in [1.29, 1.82) is 0 Å². The Morgan fingerprint density at radius 1 is 1.08 bits per heavy atom. The largest absolute Gasteiger partial charge is 0.496 e. The fourth-order valence-corrected chi connectivity index (χ4v) is 5.61. The van der Waals surface area contributed by atoms with Crippen molar-refractivity contribution in [2.24, 2.45) is 0 Å². The monoisotopic (exact) mass is 503 g/mol. The molecule has 2 N–H and O–H groups in total. The van der Waals surface area contributed by atoms with Crippen molar-refractivity contribution in [2.45, 2.75) is 44.1 Å². The molecular formula is C29H33N3O5. The van der Waals surface area contributed by atoms with Gasteiger partial charge >= 0.3 is 0 Å². The highest BCUT2D eigenvalue weighted by molar-refractivity contribution is 5.98. The topological polar surface area (TPSA) is 101 Å². The van der Waals surface area contributed by atoms with E-state index in [9.17, 15) is 14.4 Å². The molecule has 0 atom stereocenters. The van der Waals surface area contributed by atoms with E-state index >= 15 is 0 Å². The molecule has 0 unspecified atom stereocenters. The molecule has 2 aliphatic heterocycles. The first-order chi connectivity index (χ1) is 17.9. The Morgan fingerprint density at radius 3 is 2.54 bits per heavy atom. The summed E-state index contributed by atoms with van der Waals surface area (Å²) in [5.74, 6) is 0.496. The van der Waals surface area contributed by atoms with Crippen LogP contribution < -0.4 is 20.8 Å². The number of para-hydroxylation sites is 1. The van der Waals surface area contributed by atoms with Gasteiger partial charge in [0.2, 0.25) is 5.91 Å². The molecule has 2 aromatic carbocycles. The summed E-state index contributed by atoms with van der Waals surface area (Å²) >= 11 is 0. The van der Waals surface area contributed by atoms with Gasteiger partial charge in [0.25, 0.3) is 5.91 Å². The molecule has 2 aliphatic rings. The Bertz CT molecular complexity index is 1370. The van der Waals surface area contributed by atoms with Gasteiger partial charge in [-0.05, 0) is 75.4 Å². The molecular weight excluding hydrogens is 470 g/mol. The lowest BCUT2D eigenvalue weighted by atomic mass is 9.84. The number of hydrogen-bond donors (Lipinski definition) is 2. The molecule has 5 rings (SSSR count). The Labute approximate surface area is 216 Å². The number of fused-ring (bicyclic) bond motifs is 1. The Balaban J connectivity index is 1.34. The summed E-state index contributed by atoms with van der Waals surface area (Å²) in [4.78, 5) is 41.8. The number of piperidine rings is 2. The molecule has 0 bridgehead atoms. The number of aryl methyl sites for hydroxylation is 1. The van der Waals surface area contributed by atoms with Gasteiger partial charge in [-0.2, -0.15) is 0 Å². The van der Waals surface area contributed by atoms with Gasteiger partial charge in [0.15, 0.2) is 11.2 Å². The molecule has 2 saturated heterocycles. The van der Waals surface area contributed by atoms with Gasteiger partial charge in [-0.25, -0.2) is 0 Å². The second kappa shape index (κ2) is 10.4. The molecule has 0 radical (unpaired) electrons. The zero-order valence-corrected chi connectivity index (χ0v) is 21.3. The van der Waals surface area contributed by atoms with Crippen molar-refractivity contribution < 1.29 is 18.7 Å². The number of hydrogen-bond acceptors (Lipinski definition) is 6. The molecule has 1 aromatic heterocycles. The number of ether oxygens (including phenoxy) is 1. The highest BCUT2D eigenvalue weighted by Gasteiger charge is 2.44. The van der Waals surface area contributed by atoms with Gasteiger partial charge in [-0.15, -0.1) is 0 Å². The van der Waals surface area contributed by atoms with Gasteiger partial charge in [0, 0.05) is 19.2 Å². The highest BCUT2D eigenvalue weighted by atomic mass is 16.5. The van der Waals surface area contributed by atoms with Gasteiger partial charge < -0.3 is 24.7 Å². The smallest absolute Gasteiger partial charge is 0.288 e. The number of amides is 2.